The van der Waals surface area contributed by atoms with Crippen molar-refractivity contribution in [1.29, 1.82) is 0 Å². The highest BCUT2D eigenvalue weighted by Crippen LogP contribution is 2.12. The van der Waals surface area contributed by atoms with Gasteiger partial charge in [0.25, 0.3) is 0 Å². The second kappa shape index (κ2) is 7.74. The molecule has 0 radical (unpaired) electrons. The number of likely N-dealkylation sites (N-methyl/N-ethyl adjacent to an activating group) is 1. The number of methoxy groups -OCH3 is 1. The molecule has 0 rings (SSSR count). The van der Waals surface area contributed by atoms with Crippen LogP contribution in [-0.2, 0) is 9.53 Å². The van der Waals surface area contributed by atoms with Crippen molar-refractivity contribution in [2.45, 2.75) is 40.2 Å². The minimum Gasteiger partial charge on any atom is -0.468 e. The van der Waals surface area contributed by atoms with E-state index in [4.69, 9.17) is 4.74 Å². The van der Waals surface area contributed by atoms with Crippen molar-refractivity contribution >= 4 is 5.97 Å². The molecule has 1 unspecified atom stereocenters. The first-order chi connectivity index (χ1) is 8.25. The summed E-state index contributed by atoms with van der Waals surface area (Å²) in [5.74, 6) is 0.965. The van der Waals surface area contributed by atoms with Gasteiger partial charge in [-0.3, -0.25) is 4.79 Å². The average molecular weight is 258 g/mol. The number of nitrogens with one attached hydrogen (secondary N) is 1. The molecule has 0 bridgehead atoms. The lowest BCUT2D eigenvalue weighted by Gasteiger charge is -2.35. The van der Waals surface area contributed by atoms with Gasteiger partial charge < -0.3 is 15.0 Å². The Morgan fingerprint density at radius 3 is 1.94 bits per heavy atom. The van der Waals surface area contributed by atoms with Crippen LogP contribution >= 0.6 is 0 Å². The van der Waals surface area contributed by atoms with E-state index in [0.717, 1.165) is 13.1 Å². The lowest BCUT2D eigenvalue weighted by molar-refractivity contribution is -0.148. The molecule has 18 heavy (non-hydrogen) atoms. The summed E-state index contributed by atoms with van der Waals surface area (Å²) in [5, 5.41) is 3.09. The zero-order chi connectivity index (χ0) is 14.3. The number of hydrogen-bond acceptors (Lipinski definition) is 4. The van der Waals surface area contributed by atoms with Gasteiger partial charge in [-0.1, -0.05) is 27.7 Å². The van der Waals surface area contributed by atoms with Crippen molar-refractivity contribution in [2.75, 3.05) is 33.8 Å². The fourth-order valence-corrected chi connectivity index (χ4v) is 2.15. The van der Waals surface area contributed by atoms with E-state index in [1.54, 1.807) is 7.05 Å². The predicted octanol–water partition coefficient (Wildman–Crippen LogP) is 1.75. The molecule has 0 aliphatic carbocycles. The second-order valence-electron chi connectivity index (χ2n) is 6.06. The van der Waals surface area contributed by atoms with Gasteiger partial charge in [0.2, 0.25) is 0 Å². The van der Waals surface area contributed by atoms with E-state index in [2.05, 4.69) is 37.9 Å². The first kappa shape index (κ1) is 17.4. The number of esters is 1. The topological polar surface area (TPSA) is 41.6 Å². The van der Waals surface area contributed by atoms with Crippen molar-refractivity contribution < 1.29 is 9.53 Å². The summed E-state index contributed by atoms with van der Waals surface area (Å²) >= 11 is 0. The molecule has 0 heterocycles. The number of hydrogen-bond donors (Lipinski definition) is 1. The van der Waals surface area contributed by atoms with Gasteiger partial charge in [0, 0.05) is 19.6 Å². The summed E-state index contributed by atoms with van der Waals surface area (Å²) in [5.41, 5.74) is -0.640. The summed E-state index contributed by atoms with van der Waals surface area (Å²) in [6, 6.07) is 0. The predicted molar refractivity (Wildman–Crippen MR) is 75.6 cm³/mol. The molecule has 0 amide bonds. The molecule has 0 saturated carbocycles. The maximum atomic E-state index is 11.9. The maximum absolute atomic E-state index is 11.9. The van der Waals surface area contributed by atoms with Crippen LogP contribution in [0.1, 0.15) is 34.6 Å². The second-order valence-corrected chi connectivity index (χ2v) is 6.06. The van der Waals surface area contributed by atoms with Crippen LogP contribution in [0, 0.1) is 11.8 Å². The minimum absolute atomic E-state index is 0.206. The maximum Gasteiger partial charge on any atom is 0.327 e. The van der Waals surface area contributed by atoms with Crippen molar-refractivity contribution in [3.63, 3.8) is 0 Å². The molecule has 0 aromatic carbocycles. The molecule has 0 aromatic rings. The standard InChI is InChI=1S/C14H30N2O2/c1-11(2)8-16(9-12(3)4)10-14(5,15-6)13(17)18-7/h11-12,15H,8-10H2,1-7H3. The van der Waals surface area contributed by atoms with Gasteiger partial charge in [0.1, 0.15) is 5.54 Å². The van der Waals surface area contributed by atoms with Gasteiger partial charge in [-0.15, -0.1) is 0 Å². The van der Waals surface area contributed by atoms with Crippen LogP contribution in [0.25, 0.3) is 0 Å². The molecule has 0 aromatic heterocycles. The van der Waals surface area contributed by atoms with E-state index < -0.39 is 5.54 Å². The monoisotopic (exact) mass is 258 g/mol. The minimum atomic E-state index is -0.640. The van der Waals surface area contributed by atoms with Crippen LogP contribution in [0.2, 0.25) is 0 Å². The molecule has 1 atom stereocenters. The van der Waals surface area contributed by atoms with Crippen LogP contribution in [0.4, 0.5) is 0 Å². The third-order valence-corrected chi connectivity index (χ3v) is 2.97. The largest absolute Gasteiger partial charge is 0.468 e. The van der Waals surface area contributed by atoms with Gasteiger partial charge in [0.05, 0.1) is 7.11 Å². The molecule has 4 heteroatoms. The molecule has 4 nitrogen and oxygen atoms in total. The summed E-state index contributed by atoms with van der Waals surface area (Å²) < 4.78 is 4.89. The van der Waals surface area contributed by atoms with E-state index in [9.17, 15) is 4.79 Å². The number of ether oxygens (including phenoxy) is 1. The molecule has 0 fully saturated rings. The average Bonchev–Trinajstić information content (AvgIpc) is 2.25. The quantitative estimate of drug-likeness (QED) is 0.674. The van der Waals surface area contributed by atoms with E-state index in [0.29, 0.717) is 18.4 Å². The van der Waals surface area contributed by atoms with Crippen LogP contribution < -0.4 is 5.32 Å². The number of nitrogens with zero attached hydrogens (tertiary/aromatic N) is 1. The van der Waals surface area contributed by atoms with Crippen molar-refractivity contribution in [2.24, 2.45) is 11.8 Å². The first-order valence-corrected chi connectivity index (χ1v) is 6.74. The zero-order valence-electron chi connectivity index (χ0n) is 13.0. The lowest BCUT2D eigenvalue weighted by atomic mass is 10.0. The third kappa shape index (κ3) is 5.83. The Bertz CT molecular complexity index is 244. The Hall–Kier alpha value is -0.610. The van der Waals surface area contributed by atoms with Crippen LogP contribution in [0.5, 0.6) is 0 Å². The molecular weight excluding hydrogens is 228 g/mol. The SMILES string of the molecule is CNC(C)(CN(CC(C)C)CC(C)C)C(=O)OC. The van der Waals surface area contributed by atoms with Gasteiger partial charge in [-0.25, -0.2) is 0 Å². The Morgan fingerprint density at radius 1 is 1.22 bits per heavy atom. The fourth-order valence-electron chi connectivity index (χ4n) is 2.15. The van der Waals surface area contributed by atoms with E-state index in [1.807, 2.05) is 6.92 Å². The molecule has 0 spiro atoms. The highest BCUT2D eigenvalue weighted by atomic mass is 16.5. The smallest absolute Gasteiger partial charge is 0.327 e. The number of carbonyl (C=O) groups excluding carboxylic acids is 1. The van der Waals surface area contributed by atoms with Crippen LogP contribution in [0.3, 0.4) is 0 Å². The molecule has 0 aliphatic rings. The van der Waals surface area contributed by atoms with Gasteiger partial charge in [0.15, 0.2) is 0 Å². The third-order valence-electron chi connectivity index (χ3n) is 2.97. The summed E-state index contributed by atoms with van der Waals surface area (Å²) in [6.07, 6.45) is 0. The Balaban J connectivity index is 4.75. The summed E-state index contributed by atoms with van der Waals surface area (Å²) in [4.78, 5) is 14.2. The number of carbonyl (C=O) groups is 1. The first-order valence-electron chi connectivity index (χ1n) is 6.74. The zero-order valence-corrected chi connectivity index (χ0v) is 13.0. The lowest BCUT2D eigenvalue weighted by Crippen LogP contribution is -2.57. The Labute approximate surface area is 112 Å². The Kier molecular flexibility index (Phi) is 7.48. The van der Waals surface area contributed by atoms with Gasteiger partial charge >= 0.3 is 5.97 Å². The van der Waals surface area contributed by atoms with Crippen molar-refractivity contribution in [3.05, 3.63) is 0 Å². The molecule has 108 valence electrons. The molecular formula is C14H30N2O2. The highest BCUT2D eigenvalue weighted by Gasteiger charge is 2.34. The normalized spacial score (nSPS) is 15.2. The number of rotatable bonds is 8. The summed E-state index contributed by atoms with van der Waals surface area (Å²) in [7, 11) is 3.24. The van der Waals surface area contributed by atoms with Crippen molar-refractivity contribution in [1.82, 2.24) is 10.2 Å². The summed E-state index contributed by atoms with van der Waals surface area (Å²) in [6.45, 7) is 13.3. The van der Waals surface area contributed by atoms with Crippen molar-refractivity contribution in [3.8, 4) is 0 Å². The van der Waals surface area contributed by atoms with Gasteiger partial charge in [-0.2, -0.15) is 0 Å². The van der Waals surface area contributed by atoms with E-state index in [-0.39, 0.29) is 5.97 Å². The highest BCUT2D eigenvalue weighted by molar-refractivity contribution is 5.80. The molecule has 0 aliphatic heterocycles. The Morgan fingerprint density at radius 2 is 1.67 bits per heavy atom. The van der Waals surface area contributed by atoms with Crippen LogP contribution in [0.15, 0.2) is 0 Å². The van der Waals surface area contributed by atoms with E-state index >= 15 is 0 Å². The van der Waals surface area contributed by atoms with E-state index in [1.165, 1.54) is 7.11 Å². The molecule has 1 N–H and O–H groups in total. The fraction of sp³-hybridized carbons (Fsp3) is 0.929. The van der Waals surface area contributed by atoms with Crippen LogP contribution in [-0.4, -0.2) is 50.2 Å². The molecule has 0 saturated heterocycles. The van der Waals surface area contributed by atoms with Gasteiger partial charge in [-0.05, 0) is 25.8 Å².